The first-order chi connectivity index (χ1) is 11.4. The van der Waals surface area contributed by atoms with Crippen molar-refractivity contribution in [2.24, 2.45) is 0 Å². The van der Waals surface area contributed by atoms with E-state index in [1.54, 1.807) is 18.5 Å². The average Bonchev–Trinajstić information content (AvgIpc) is 2.92. The minimum atomic E-state index is -4.16. The monoisotopic (exact) mass is 337 g/mol. The molecule has 1 atom stereocenters. The van der Waals surface area contributed by atoms with Crippen molar-refractivity contribution >= 4 is 5.82 Å². The highest BCUT2D eigenvalue weighted by atomic mass is 19.4. The molecule has 2 aromatic heterocycles. The van der Waals surface area contributed by atoms with Gasteiger partial charge in [-0.1, -0.05) is 0 Å². The Balaban J connectivity index is 1.69. The Morgan fingerprint density at radius 2 is 2.00 bits per heavy atom. The standard InChI is InChI=1S/C16H18F3N5/c1-11-8-14(23-15(21-11)12-2-5-20-6-3-12)22-13-4-7-24(9-13)10-16(17,18)19/h2-3,5-6,8,13H,4,7,9-10H2,1H3,(H,21,22,23). The van der Waals surface area contributed by atoms with Crippen LogP contribution in [-0.2, 0) is 0 Å². The summed E-state index contributed by atoms with van der Waals surface area (Å²) in [7, 11) is 0. The fourth-order valence-corrected chi connectivity index (χ4v) is 2.83. The fourth-order valence-electron chi connectivity index (χ4n) is 2.83. The number of hydrogen-bond acceptors (Lipinski definition) is 5. The third kappa shape index (κ3) is 4.41. The molecule has 1 N–H and O–H groups in total. The average molecular weight is 337 g/mol. The van der Waals surface area contributed by atoms with Crippen molar-refractivity contribution in [2.75, 3.05) is 25.0 Å². The summed E-state index contributed by atoms with van der Waals surface area (Å²) in [6.07, 6.45) is -0.168. The van der Waals surface area contributed by atoms with Crippen molar-refractivity contribution in [1.29, 1.82) is 0 Å². The van der Waals surface area contributed by atoms with E-state index in [0.29, 0.717) is 31.2 Å². The van der Waals surface area contributed by atoms with Gasteiger partial charge < -0.3 is 5.32 Å². The van der Waals surface area contributed by atoms with Crippen molar-refractivity contribution in [2.45, 2.75) is 25.6 Å². The summed E-state index contributed by atoms with van der Waals surface area (Å²) in [5.41, 5.74) is 1.64. The number of aromatic nitrogens is 3. The zero-order valence-corrected chi connectivity index (χ0v) is 13.2. The fraction of sp³-hybridized carbons (Fsp3) is 0.438. The van der Waals surface area contributed by atoms with Crippen LogP contribution in [0.1, 0.15) is 12.1 Å². The zero-order chi connectivity index (χ0) is 17.2. The van der Waals surface area contributed by atoms with Crippen LogP contribution in [0.4, 0.5) is 19.0 Å². The Kier molecular flexibility index (Phi) is 4.66. The Hall–Kier alpha value is -2.22. The van der Waals surface area contributed by atoms with Crippen LogP contribution < -0.4 is 5.32 Å². The number of pyridine rings is 1. The summed E-state index contributed by atoms with van der Waals surface area (Å²) in [6, 6.07) is 5.39. The van der Waals surface area contributed by atoms with E-state index in [-0.39, 0.29) is 6.04 Å². The minimum absolute atomic E-state index is 0.0491. The number of rotatable bonds is 4. The van der Waals surface area contributed by atoms with Gasteiger partial charge in [-0.15, -0.1) is 0 Å². The molecular weight excluding hydrogens is 319 g/mol. The van der Waals surface area contributed by atoms with E-state index in [1.165, 1.54) is 4.90 Å². The molecule has 24 heavy (non-hydrogen) atoms. The van der Waals surface area contributed by atoms with Crippen LogP contribution in [0.5, 0.6) is 0 Å². The molecule has 1 saturated heterocycles. The summed E-state index contributed by atoms with van der Waals surface area (Å²) < 4.78 is 37.4. The smallest absolute Gasteiger partial charge is 0.366 e. The maximum absolute atomic E-state index is 12.5. The lowest BCUT2D eigenvalue weighted by molar-refractivity contribution is -0.143. The van der Waals surface area contributed by atoms with Crippen LogP contribution in [-0.4, -0.2) is 51.7 Å². The SMILES string of the molecule is Cc1cc(NC2CCN(CC(F)(F)F)C2)nc(-c2ccncc2)n1. The van der Waals surface area contributed by atoms with Gasteiger partial charge in [0, 0.05) is 48.8 Å². The molecule has 128 valence electrons. The second-order valence-electron chi connectivity index (χ2n) is 5.93. The van der Waals surface area contributed by atoms with Gasteiger partial charge in [0.25, 0.3) is 0 Å². The number of aryl methyl sites for hydroxylation is 1. The molecular formula is C16H18F3N5. The number of alkyl halides is 3. The van der Waals surface area contributed by atoms with E-state index in [1.807, 2.05) is 19.1 Å². The zero-order valence-electron chi connectivity index (χ0n) is 13.2. The number of anilines is 1. The molecule has 0 aromatic carbocycles. The number of likely N-dealkylation sites (tertiary alicyclic amines) is 1. The lowest BCUT2D eigenvalue weighted by Gasteiger charge is -2.18. The van der Waals surface area contributed by atoms with Gasteiger partial charge in [0.15, 0.2) is 5.82 Å². The van der Waals surface area contributed by atoms with Crippen LogP contribution in [0, 0.1) is 6.92 Å². The molecule has 1 unspecified atom stereocenters. The van der Waals surface area contributed by atoms with Crippen LogP contribution in [0.25, 0.3) is 11.4 Å². The highest BCUT2D eigenvalue weighted by molar-refractivity contribution is 5.56. The van der Waals surface area contributed by atoms with Crippen LogP contribution in [0.2, 0.25) is 0 Å². The van der Waals surface area contributed by atoms with Gasteiger partial charge in [-0.2, -0.15) is 13.2 Å². The molecule has 1 aliphatic rings. The first kappa shape index (κ1) is 16.6. The van der Waals surface area contributed by atoms with Gasteiger partial charge in [-0.05, 0) is 25.5 Å². The van der Waals surface area contributed by atoms with Gasteiger partial charge >= 0.3 is 6.18 Å². The maximum atomic E-state index is 12.5. The van der Waals surface area contributed by atoms with Gasteiger partial charge in [-0.25, -0.2) is 9.97 Å². The van der Waals surface area contributed by atoms with Crippen molar-refractivity contribution in [3.8, 4) is 11.4 Å². The molecule has 3 rings (SSSR count). The predicted molar refractivity (Wildman–Crippen MR) is 84.5 cm³/mol. The molecule has 5 nitrogen and oxygen atoms in total. The van der Waals surface area contributed by atoms with E-state index >= 15 is 0 Å². The minimum Gasteiger partial charge on any atom is -0.366 e. The molecule has 3 heterocycles. The van der Waals surface area contributed by atoms with Crippen LogP contribution >= 0.6 is 0 Å². The van der Waals surface area contributed by atoms with Crippen molar-refractivity contribution in [3.63, 3.8) is 0 Å². The number of nitrogens with zero attached hydrogens (tertiary/aromatic N) is 4. The molecule has 1 fully saturated rings. The van der Waals surface area contributed by atoms with E-state index in [0.717, 1.165) is 11.3 Å². The highest BCUT2D eigenvalue weighted by Crippen LogP contribution is 2.22. The molecule has 1 aliphatic heterocycles. The van der Waals surface area contributed by atoms with E-state index in [4.69, 9.17) is 0 Å². The van der Waals surface area contributed by atoms with Gasteiger partial charge in [0.2, 0.25) is 0 Å². The van der Waals surface area contributed by atoms with Crippen molar-refractivity contribution in [3.05, 3.63) is 36.3 Å². The van der Waals surface area contributed by atoms with Gasteiger partial charge in [0.1, 0.15) is 5.82 Å². The molecule has 8 heteroatoms. The second-order valence-corrected chi connectivity index (χ2v) is 5.93. The number of halogens is 3. The topological polar surface area (TPSA) is 53.9 Å². The highest BCUT2D eigenvalue weighted by Gasteiger charge is 2.34. The van der Waals surface area contributed by atoms with Gasteiger partial charge in [-0.3, -0.25) is 9.88 Å². The molecule has 2 aromatic rings. The summed E-state index contributed by atoms with van der Waals surface area (Å²) in [4.78, 5) is 14.3. The Bertz CT molecular complexity index is 690. The molecule has 0 amide bonds. The van der Waals surface area contributed by atoms with Crippen molar-refractivity contribution in [1.82, 2.24) is 19.9 Å². The number of hydrogen-bond donors (Lipinski definition) is 1. The second kappa shape index (κ2) is 6.72. The lowest BCUT2D eigenvalue weighted by atomic mass is 10.2. The Morgan fingerprint density at radius 1 is 1.25 bits per heavy atom. The maximum Gasteiger partial charge on any atom is 0.401 e. The summed E-state index contributed by atoms with van der Waals surface area (Å²) in [6.45, 7) is 1.78. The molecule has 0 aliphatic carbocycles. The van der Waals surface area contributed by atoms with Crippen LogP contribution in [0.3, 0.4) is 0 Å². The third-order valence-electron chi connectivity index (χ3n) is 3.82. The van der Waals surface area contributed by atoms with Crippen molar-refractivity contribution < 1.29 is 13.2 Å². The summed E-state index contributed by atoms with van der Waals surface area (Å²) in [5.74, 6) is 1.21. The Morgan fingerprint density at radius 3 is 2.71 bits per heavy atom. The predicted octanol–water partition coefficient (Wildman–Crippen LogP) is 2.90. The van der Waals surface area contributed by atoms with E-state index in [2.05, 4.69) is 20.3 Å². The van der Waals surface area contributed by atoms with Gasteiger partial charge in [0.05, 0.1) is 6.54 Å². The molecule has 0 radical (unpaired) electrons. The first-order valence-corrected chi connectivity index (χ1v) is 7.71. The summed E-state index contributed by atoms with van der Waals surface area (Å²) in [5, 5.41) is 3.23. The largest absolute Gasteiger partial charge is 0.401 e. The number of nitrogens with one attached hydrogen (secondary N) is 1. The molecule has 0 bridgehead atoms. The third-order valence-corrected chi connectivity index (χ3v) is 3.82. The molecule has 0 spiro atoms. The lowest BCUT2D eigenvalue weighted by Crippen LogP contribution is -2.34. The van der Waals surface area contributed by atoms with E-state index < -0.39 is 12.7 Å². The van der Waals surface area contributed by atoms with Crippen LogP contribution in [0.15, 0.2) is 30.6 Å². The van der Waals surface area contributed by atoms with E-state index in [9.17, 15) is 13.2 Å². The quantitative estimate of drug-likeness (QED) is 0.930. The molecule has 0 saturated carbocycles. The summed E-state index contributed by atoms with van der Waals surface area (Å²) >= 11 is 0. The normalized spacial score (nSPS) is 18.8. The first-order valence-electron chi connectivity index (χ1n) is 7.71. The Labute approximate surface area is 138 Å².